The Bertz CT molecular complexity index is 344. The van der Waals surface area contributed by atoms with E-state index < -0.39 is 0 Å². The predicted octanol–water partition coefficient (Wildman–Crippen LogP) is 3.51. The number of allylic oxidation sites excluding steroid dienone is 4. The molecule has 0 saturated carbocycles. The fourth-order valence-electron chi connectivity index (χ4n) is 1.51. The minimum Gasteiger partial charge on any atom is -0.326 e. The van der Waals surface area contributed by atoms with Crippen molar-refractivity contribution in [2.75, 3.05) is 0 Å². The van der Waals surface area contributed by atoms with Gasteiger partial charge in [-0.2, -0.15) is 0 Å². The lowest BCUT2D eigenvalue weighted by atomic mass is 10.0. The topological polar surface area (TPSA) is 26.0 Å². The molecule has 15 heavy (non-hydrogen) atoms. The van der Waals surface area contributed by atoms with Crippen molar-refractivity contribution >= 4 is 5.57 Å². The Morgan fingerprint density at radius 3 is 2.40 bits per heavy atom. The first-order valence-corrected chi connectivity index (χ1v) is 5.44. The Morgan fingerprint density at radius 2 is 1.93 bits per heavy atom. The third-order valence-corrected chi connectivity index (χ3v) is 2.29. The maximum absolute atomic E-state index is 5.56. The zero-order valence-electron chi connectivity index (χ0n) is 9.53. The Morgan fingerprint density at radius 1 is 1.27 bits per heavy atom. The molecule has 1 aromatic rings. The van der Waals surface area contributed by atoms with Gasteiger partial charge in [-0.15, -0.1) is 0 Å². The van der Waals surface area contributed by atoms with E-state index in [1.54, 1.807) is 0 Å². The van der Waals surface area contributed by atoms with Gasteiger partial charge in [0.2, 0.25) is 0 Å². The molecule has 0 amide bonds. The molecule has 0 spiro atoms. The quantitative estimate of drug-likeness (QED) is 0.741. The van der Waals surface area contributed by atoms with Crippen molar-refractivity contribution in [3.63, 3.8) is 0 Å². The summed E-state index contributed by atoms with van der Waals surface area (Å²) in [6, 6.07) is 8.43. The molecule has 0 saturated heterocycles. The van der Waals surface area contributed by atoms with Crippen LogP contribution in [-0.2, 0) is 6.54 Å². The molecule has 0 heterocycles. The molecular weight excluding hydrogens is 182 g/mol. The zero-order chi connectivity index (χ0) is 11.1. The van der Waals surface area contributed by atoms with E-state index in [9.17, 15) is 0 Å². The molecule has 1 heteroatoms. The fourth-order valence-corrected chi connectivity index (χ4v) is 1.51. The van der Waals surface area contributed by atoms with E-state index >= 15 is 0 Å². The van der Waals surface area contributed by atoms with Crippen molar-refractivity contribution in [2.24, 2.45) is 5.73 Å². The summed E-state index contributed by atoms with van der Waals surface area (Å²) in [7, 11) is 0. The Balaban J connectivity index is 2.97. The summed E-state index contributed by atoms with van der Waals surface area (Å²) in [5.74, 6) is 0. The summed E-state index contributed by atoms with van der Waals surface area (Å²) in [6.45, 7) is 4.80. The molecule has 0 atom stereocenters. The van der Waals surface area contributed by atoms with Crippen LogP contribution in [0.2, 0.25) is 0 Å². The van der Waals surface area contributed by atoms with Crippen molar-refractivity contribution in [3.05, 3.63) is 53.6 Å². The highest BCUT2D eigenvalue weighted by molar-refractivity contribution is 5.73. The molecule has 0 aliphatic rings. The molecule has 1 aromatic carbocycles. The molecule has 0 fully saturated rings. The van der Waals surface area contributed by atoms with Gasteiger partial charge in [-0.1, -0.05) is 49.4 Å². The summed E-state index contributed by atoms with van der Waals surface area (Å²) in [5.41, 5.74) is 9.28. The maximum atomic E-state index is 5.56. The largest absolute Gasteiger partial charge is 0.326 e. The third-order valence-electron chi connectivity index (χ3n) is 2.29. The molecule has 0 unspecified atom stereocenters. The van der Waals surface area contributed by atoms with E-state index in [2.05, 4.69) is 49.4 Å². The van der Waals surface area contributed by atoms with Crippen LogP contribution in [0.5, 0.6) is 0 Å². The van der Waals surface area contributed by atoms with Gasteiger partial charge in [-0.25, -0.2) is 0 Å². The van der Waals surface area contributed by atoms with Gasteiger partial charge in [0, 0.05) is 6.54 Å². The van der Waals surface area contributed by atoms with E-state index in [4.69, 9.17) is 5.73 Å². The lowest BCUT2D eigenvalue weighted by Gasteiger charge is -2.03. The van der Waals surface area contributed by atoms with Gasteiger partial charge < -0.3 is 5.73 Å². The van der Waals surface area contributed by atoms with E-state index in [1.165, 1.54) is 16.7 Å². The number of benzene rings is 1. The molecule has 0 aliphatic heterocycles. The highest BCUT2D eigenvalue weighted by Crippen LogP contribution is 2.17. The van der Waals surface area contributed by atoms with Crippen LogP contribution >= 0.6 is 0 Å². The first-order valence-electron chi connectivity index (χ1n) is 5.44. The van der Waals surface area contributed by atoms with Gasteiger partial charge in [-0.05, 0) is 30.0 Å². The Labute approximate surface area is 92.3 Å². The summed E-state index contributed by atoms with van der Waals surface area (Å²) < 4.78 is 0. The molecule has 0 radical (unpaired) electrons. The van der Waals surface area contributed by atoms with Gasteiger partial charge in [-0.3, -0.25) is 0 Å². The van der Waals surface area contributed by atoms with Crippen LogP contribution < -0.4 is 5.73 Å². The standard InChI is InChI=1S/C14H19N/c1-3-5-13(6-4-2)14-9-7-12(11-15)8-10-14/h3,5-10H,4,11,15H2,1-2H3/b5-3-,13-6+. The number of nitrogens with two attached hydrogens (primary N) is 1. The van der Waals surface area contributed by atoms with Crippen LogP contribution in [0.1, 0.15) is 31.4 Å². The second-order valence-electron chi connectivity index (χ2n) is 3.47. The van der Waals surface area contributed by atoms with Crippen LogP contribution in [-0.4, -0.2) is 0 Å². The van der Waals surface area contributed by atoms with E-state index in [0.29, 0.717) is 6.54 Å². The second-order valence-corrected chi connectivity index (χ2v) is 3.47. The maximum Gasteiger partial charge on any atom is 0.0178 e. The van der Waals surface area contributed by atoms with Gasteiger partial charge >= 0.3 is 0 Å². The SMILES string of the molecule is C/C=C\C(=C/CC)c1ccc(CN)cc1. The van der Waals surface area contributed by atoms with Crippen molar-refractivity contribution in [2.45, 2.75) is 26.8 Å². The normalized spacial score (nSPS) is 12.3. The molecule has 2 N–H and O–H groups in total. The predicted molar refractivity (Wildman–Crippen MR) is 67.4 cm³/mol. The first-order chi connectivity index (χ1) is 7.31. The van der Waals surface area contributed by atoms with Crippen LogP contribution in [0.25, 0.3) is 5.57 Å². The molecule has 80 valence electrons. The molecule has 0 bridgehead atoms. The van der Waals surface area contributed by atoms with Gasteiger partial charge in [0.15, 0.2) is 0 Å². The highest BCUT2D eigenvalue weighted by Gasteiger charge is 1.96. The molecule has 1 rings (SSSR count). The van der Waals surface area contributed by atoms with Gasteiger partial charge in [0.25, 0.3) is 0 Å². The lowest BCUT2D eigenvalue weighted by Crippen LogP contribution is -1.95. The summed E-state index contributed by atoms with van der Waals surface area (Å²) in [6.07, 6.45) is 7.50. The summed E-state index contributed by atoms with van der Waals surface area (Å²) in [4.78, 5) is 0. The Kier molecular flexibility index (Phi) is 4.85. The van der Waals surface area contributed by atoms with Crippen molar-refractivity contribution in [1.29, 1.82) is 0 Å². The smallest absolute Gasteiger partial charge is 0.0178 e. The first kappa shape index (κ1) is 11.7. The third kappa shape index (κ3) is 3.37. The second kappa shape index (κ2) is 6.20. The van der Waals surface area contributed by atoms with Crippen molar-refractivity contribution in [1.82, 2.24) is 0 Å². The lowest BCUT2D eigenvalue weighted by molar-refractivity contribution is 1.07. The van der Waals surface area contributed by atoms with Gasteiger partial charge in [0.1, 0.15) is 0 Å². The summed E-state index contributed by atoms with van der Waals surface area (Å²) >= 11 is 0. The molecule has 0 aliphatic carbocycles. The van der Waals surface area contributed by atoms with Crippen molar-refractivity contribution in [3.8, 4) is 0 Å². The van der Waals surface area contributed by atoms with Crippen LogP contribution in [0, 0.1) is 0 Å². The average molecular weight is 201 g/mol. The molecular formula is C14H19N. The monoisotopic (exact) mass is 201 g/mol. The Hall–Kier alpha value is -1.34. The van der Waals surface area contributed by atoms with E-state index in [-0.39, 0.29) is 0 Å². The minimum absolute atomic E-state index is 0.608. The summed E-state index contributed by atoms with van der Waals surface area (Å²) in [5, 5.41) is 0. The molecule has 1 nitrogen and oxygen atoms in total. The fraction of sp³-hybridized carbons (Fsp3) is 0.286. The molecule has 0 aromatic heterocycles. The average Bonchev–Trinajstić information content (AvgIpc) is 2.29. The zero-order valence-corrected chi connectivity index (χ0v) is 9.53. The number of hydrogen-bond acceptors (Lipinski definition) is 1. The minimum atomic E-state index is 0.608. The number of hydrogen-bond donors (Lipinski definition) is 1. The van der Waals surface area contributed by atoms with Crippen LogP contribution in [0.15, 0.2) is 42.5 Å². The van der Waals surface area contributed by atoms with Crippen molar-refractivity contribution < 1.29 is 0 Å². The number of rotatable bonds is 4. The van der Waals surface area contributed by atoms with Gasteiger partial charge in [0.05, 0.1) is 0 Å². The van der Waals surface area contributed by atoms with Crippen LogP contribution in [0.4, 0.5) is 0 Å². The van der Waals surface area contributed by atoms with E-state index in [0.717, 1.165) is 6.42 Å². The highest BCUT2D eigenvalue weighted by atomic mass is 14.5. The van der Waals surface area contributed by atoms with Crippen LogP contribution in [0.3, 0.4) is 0 Å². The van der Waals surface area contributed by atoms with E-state index in [1.807, 2.05) is 6.92 Å².